The van der Waals surface area contributed by atoms with Crippen LogP contribution in [0, 0.1) is 5.82 Å². The number of phenols is 1. The van der Waals surface area contributed by atoms with Gasteiger partial charge in [-0.05, 0) is 25.0 Å². The molecule has 0 aromatic heterocycles. The van der Waals surface area contributed by atoms with E-state index in [0.29, 0.717) is 0 Å². The van der Waals surface area contributed by atoms with Gasteiger partial charge in [-0.1, -0.05) is 6.07 Å². The molecule has 92 valence electrons. The fourth-order valence-corrected chi connectivity index (χ4v) is 1.81. The average Bonchev–Trinajstić information content (AvgIpc) is 3.09. The van der Waals surface area contributed by atoms with E-state index in [4.69, 9.17) is 5.11 Å². The van der Waals surface area contributed by atoms with E-state index in [9.17, 15) is 14.3 Å². The van der Waals surface area contributed by atoms with Gasteiger partial charge in [-0.25, -0.2) is 4.39 Å². The van der Waals surface area contributed by atoms with E-state index in [2.05, 4.69) is 0 Å². The van der Waals surface area contributed by atoms with Crippen molar-refractivity contribution in [3.63, 3.8) is 0 Å². The largest absolute Gasteiger partial charge is 0.507 e. The van der Waals surface area contributed by atoms with E-state index in [1.165, 1.54) is 17.0 Å². The van der Waals surface area contributed by atoms with Crippen molar-refractivity contribution in [2.45, 2.75) is 18.9 Å². The number of halogens is 1. The summed E-state index contributed by atoms with van der Waals surface area (Å²) >= 11 is 0. The van der Waals surface area contributed by atoms with Crippen LogP contribution in [0.5, 0.6) is 5.75 Å². The van der Waals surface area contributed by atoms with E-state index in [1.807, 2.05) is 0 Å². The highest BCUT2D eigenvalue weighted by atomic mass is 19.1. The highest BCUT2D eigenvalue weighted by Gasteiger charge is 2.34. The maximum Gasteiger partial charge on any atom is 0.260 e. The van der Waals surface area contributed by atoms with Crippen molar-refractivity contribution in [1.29, 1.82) is 0 Å². The molecule has 17 heavy (non-hydrogen) atoms. The monoisotopic (exact) mass is 239 g/mol. The molecule has 0 bridgehead atoms. The fourth-order valence-electron chi connectivity index (χ4n) is 1.81. The summed E-state index contributed by atoms with van der Waals surface area (Å²) in [5.41, 5.74) is -0.312. The zero-order valence-corrected chi connectivity index (χ0v) is 9.27. The first-order chi connectivity index (χ1) is 8.15. The van der Waals surface area contributed by atoms with Crippen LogP contribution < -0.4 is 0 Å². The van der Waals surface area contributed by atoms with Gasteiger partial charge in [0.25, 0.3) is 5.91 Å². The number of rotatable bonds is 4. The third kappa shape index (κ3) is 2.39. The van der Waals surface area contributed by atoms with Gasteiger partial charge in [0.2, 0.25) is 0 Å². The number of aromatic hydroxyl groups is 1. The minimum absolute atomic E-state index is 0.0636. The second-order valence-electron chi connectivity index (χ2n) is 4.09. The minimum Gasteiger partial charge on any atom is -0.507 e. The van der Waals surface area contributed by atoms with E-state index in [1.54, 1.807) is 0 Å². The molecule has 2 N–H and O–H groups in total. The first-order valence-corrected chi connectivity index (χ1v) is 5.54. The number of aliphatic hydroxyl groups is 1. The Bertz CT molecular complexity index is 412. The molecule has 1 aromatic rings. The SMILES string of the molecule is O=C(c1c(O)cccc1F)N(CCO)C1CC1. The zero-order valence-electron chi connectivity index (χ0n) is 9.27. The quantitative estimate of drug-likeness (QED) is 0.828. The lowest BCUT2D eigenvalue weighted by molar-refractivity contribution is 0.0699. The summed E-state index contributed by atoms with van der Waals surface area (Å²) in [5.74, 6) is -1.66. The van der Waals surface area contributed by atoms with Crippen molar-refractivity contribution in [3.8, 4) is 5.75 Å². The standard InChI is InChI=1S/C12H14FNO3/c13-9-2-1-3-10(16)11(9)12(17)14(6-7-15)8-4-5-8/h1-3,8,15-16H,4-7H2. The number of carbonyl (C=O) groups excluding carboxylic acids is 1. The normalized spacial score (nSPS) is 14.7. The Morgan fingerprint density at radius 2 is 2.18 bits per heavy atom. The first kappa shape index (κ1) is 11.9. The van der Waals surface area contributed by atoms with Crippen LogP contribution in [0.25, 0.3) is 0 Å². The average molecular weight is 239 g/mol. The summed E-state index contributed by atoms with van der Waals surface area (Å²) in [7, 11) is 0. The van der Waals surface area contributed by atoms with Gasteiger partial charge in [0, 0.05) is 12.6 Å². The highest BCUT2D eigenvalue weighted by molar-refractivity contribution is 5.97. The van der Waals surface area contributed by atoms with Crippen molar-refractivity contribution >= 4 is 5.91 Å². The molecule has 0 heterocycles. The Morgan fingerprint density at radius 3 is 2.71 bits per heavy atom. The Kier molecular flexibility index (Phi) is 3.28. The van der Waals surface area contributed by atoms with E-state index >= 15 is 0 Å². The molecular formula is C12H14FNO3. The summed E-state index contributed by atoms with van der Waals surface area (Å²) in [6.45, 7) is -0.00523. The molecule has 1 fully saturated rings. The van der Waals surface area contributed by atoms with Gasteiger partial charge >= 0.3 is 0 Å². The number of hydrogen-bond acceptors (Lipinski definition) is 3. The summed E-state index contributed by atoms with van der Waals surface area (Å²) in [5, 5.41) is 18.4. The van der Waals surface area contributed by atoms with Gasteiger partial charge in [0.1, 0.15) is 17.1 Å². The van der Waals surface area contributed by atoms with E-state index in [-0.39, 0.29) is 30.5 Å². The summed E-state index contributed by atoms with van der Waals surface area (Å²) < 4.78 is 13.5. The van der Waals surface area contributed by atoms with Crippen LogP contribution in [0.4, 0.5) is 4.39 Å². The molecule has 0 aliphatic heterocycles. The minimum atomic E-state index is -0.737. The summed E-state index contributed by atoms with van der Waals surface area (Å²) in [4.78, 5) is 13.5. The number of carbonyl (C=O) groups is 1. The number of amides is 1. The number of nitrogens with zero attached hydrogens (tertiary/aromatic N) is 1. The number of phenolic OH excluding ortho intramolecular Hbond substituents is 1. The Hall–Kier alpha value is -1.62. The van der Waals surface area contributed by atoms with E-state index < -0.39 is 11.7 Å². The molecule has 4 nitrogen and oxygen atoms in total. The molecule has 0 saturated heterocycles. The molecule has 0 unspecified atom stereocenters. The summed E-state index contributed by atoms with van der Waals surface area (Å²) in [6, 6.07) is 3.82. The third-order valence-electron chi connectivity index (χ3n) is 2.79. The van der Waals surface area contributed by atoms with Gasteiger partial charge in [-0.3, -0.25) is 4.79 Å². The molecule has 1 aromatic carbocycles. The number of hydrogen-bond donors (Lipinski definition) is 2. The number of benzene rings is 1. The van der Waals surface area contributed by atoms with Gasteiger partial charge in [0.05, 0.1) is 6.61 Å². The Balaban J connectivity index is 2.28. The van der Waals surface area contributed by atoms with Crippen LogP contribution in [0.1, 0.15) is 23.2 Å². The second-order valence-corrected chi connectivity index (χ2v) is 4.09. The van der Waals surface area contributed by atoms with Crippen LogP contribution in [-0.2, 0) is 0 Å². The van der Waals surface area contributed by atoms with Gasteiger partial charge < -0.3 is 15.1 Å². The molecule has 0 spiro atoms. The molecule has 1 aliphatic carbocycles. The van der Waals surface area contributed by atoms with Crippen molar-refractivity contribution in [1.82, 2.24) is 4.90 Å². The molecule has 0 atom stereocenters. The van der Waals surface area contributed by atoms with Crippen LogP contribution in [0.15, 0.2) is 18.2 Å². The van der Waals surface area contributed by atoms with Crippen molar-refractivity contribution < 1.29 is 19.4 Å². The van der Waals surface area contributed by atoms with Crippen molar-refractivity contribution in [2.24, 2.45) is 0 Å². The molecule has 5 heteroatoms. The molecule has 1 amide bonds. The molecule has 1 saturated carbocycles. The Morgan fingerprint density at radius 1 is 1.47 bits per heavy atom. The van der Waals surface area contributed by atoms with Crippen molar-refractivity contribution in [3.05, 3.63) is 29.6 Å². The zero-order chi connectivity index (χ0) is 12.4. The van der Waals surface area contributed by atoms with Crippen LogP contribution in [0.2, 0.25) is 0 Å². The van der Waals surface area contributed by atoms with E-state index in [0.717, 1.165) is 18.9 Å². The van der Waals surface area contributed by atoms with Crippen LogP contribution in [-0.4, -0.2) is 40.2 Å². The number of aliphatic hydroxyl groups excluding tert-OH is 1. The fraction of sp³-hybridized carbons (Fsp3) is 0.417. The predicted molar refractivity (Wildman–Crippen MR) is 59.2 cm³/mol. The third-order valence-corrected chi connectivity index (χ3v) is 2.79. The van der Waals surface area contributed by atoms with Crippen LogP contribution in [0.3, 0.4) is 0 Å². The van der Waals surface area contributed by atoms with Gasteiger partial charge in [-0.15, -0.1) is 0 Å². The summed E-state index contributed by atoms with van der Waals surface area (Å²) in [6.07, 6.45) is 1.72. The lowest BCUT2D eigenvalue weighted by Gasteiger charge is -2.21. The molecule has 0 radical (unpaired) electrons. The molecule has 1 aliphatic rings. The Labute approximate surface area is 98.3 Å². The maximum atomic E-state index is 13.5. The van der Waals surface area contributed by atoms with Gasteiger partial charge in [0.15, 0.2) is 0 Å². The van der Waals surface area contributed by atoms with Crippen LogP contribution >= 0.6 is 0 Å². The molecular weight excluding hydrogens is 225 g/mol. The topological polar surface area (TPSA) is 60.8 Å². The second kappa shape index (κ2) is 4.71. The lowest BCUT2D eigenvalue weighted by atomic mass is 10.1. The van der Waals surface area contributed by atoms with Gasteiger partial charge in [-0.2, -0.15) is 0 Å². The first-order valence-electron chi connectivity index (χ1n) is 5.54. The van der Waals surface area contributed by atoms with Crippen molar-refractivity contribution in [2.75, 3.05) is 13.2 Å². The maximum absolute atomic E-state index is 13.5. The lowest BCUT2D eigenvalue weighted by Crippen LogP contribution is -2.36. The smallest absolute Gasteiger partial charge is 0.260 e. The highest BCUT2D eigenvalue weighted by Crippen LogP contribution is 2.30. The predicted octanol–water partition coefficient (Wildman–Crippen LogP) is 1.13. The molecule has 2 rings (SSSR count).